The first-order valence-electron chi connectivity index (χ1n) is 12.0. The van der Waals surface area contributed by atoms with E-state index in [1.54, 1.807) is 6.07 Å². The van der Waals surface area contributed by atoms with Crippen LogP contribution in [0.1, 0.15) is 12.8 Å². The fourth-order valence-corrected chi connectivity index (χ4v) is 4.49. The normalized spacial score (nSPS) is 18.6. The Balaban J connectivity index is 1.37. The Morgan fingerprint density at radius 1 is 1.20 bits per heavy atom. The molecule has 0 saturated carbocycles. The van der Waals surface area contributed by atoms with Crippen molar-refractivity contribution >= 4 is 34.0 Å². The van der Waals surface area contributed by atoms with Gasteiger partial charge in [-0.2, -0.15) is 0 Å². The van der Waals surface area contributed by atoms with E-state index in [0.29, 0.717) is 53.7 Å². The summed E-state index contributed by atoms with van der Waals surface area (Å²) in [6.07, 6.45) is 3.16. The van der Waals surface area contributed by atoms with Crippen LogP contribution in [-0.2, 0) is 4.74 Å². The molecule has 2 aliphatic heterocycles. The zero-order chi connectivity index (χ0) is 24.0. The topological polar surface area (TPSA) is 80.8 Å². The molecule has 0 aliphatic carbocycles. The first kappa shape index (κ1) is 24.0. The number of nitrogens with one attached hydrogen (secondary N) is 2. The predicted octanol–water partition coefficient (Wildman–Crippen LogP) is 4.01. The number of hydrogen-bond donors (Lipinski definition) is 2. The third kappa shape index (κ3) is 6.10. The molecule has 3 heterocycles. The minimum atomic E-state index is -0.478. The number of nitrogens with zero attached hydrogens (tertiary/aromatic N) is 3. The summed E-state index contributed by atoms with van der Waals surface area (Å²) in [4.78, 5) is 11.3. The second kappa shape index (κ2) is 11.3. The lowest BCUT2D eigenvalue weighted by molar-refractivity contribution is 0.142. The van der Waals surface area contributed by atoms with E-state index in [1.165, 1.54) is 18.5 Å². The van der Waals surface area contributed by atoms with Crippen LogP contribution in [0.2, 0.25) is 5.02 Å². The minimum absolute atomic E-state index is 0.0319. The maximum atomic E-state index is 13.6. The molecule has 3 aromatic rings. The molecule has 5 rings (SSSR count). The zero-order valence-electron chi connectivity index (χ0n) is 19.4. The van der Waals surface area contributed by atoms with Gasteiger partial charge in [0.25, 0.3) is 0 Å². The van der Waals surface area contributed by atoms with Gasteiger partial charge in [0.1, 0.15) is 35.6 Å². The molecule has 1 aromatic heterocycles. The van der Waals surface area contributed by atoms with Gasteiger partial charge in [-0.3, -0.25) is 0 Å². The first-order valence-corrected chi connectivity index (χ1v) is 12.3. The summed E-state index contributed by atoms with van der Waals surface area (Å²) in [5.74, 6) is 1.37. The molecule has 35 heavy (non-hydrogen) atoms. The minimum Gasteiger partial charge on any atom is -0.493 e. The highest BCUT2D eigenvalue weighted by Crippen LogP contribution is 2.37. The van der Waals surface area contributed by atoms with Crippen molar-refractivity contribution in [2.75, 3.05) is 57.9 Å². The van der Waals surface area contributed by atoms with Crippen molar-refractivity contribution in [2.45, 2.75) is 18.9 Å². The number of hydrogen-bond acceptors (Lipinski definition) is 8. The molecule has 2 saturated heterocycles. The van der Waals surface area contributed by atoms with Crippen molar-refractivity contribution in [3.8, 4) is 11.5 Å². The SMILES string of the molecule is Fc1ccc(Nc2ncnc3cc(OCCCN4CCNCC4)cc(OC4CCOC4)c23)cc1Cl. The van der Waals surface area contributed by atoms with E-state index >= 15 is 0 Å². The van der Waals surface area contributed by atoms with Gasteiger partial charge in [0.05, 0.1) is 35.7 Å². The van der Waals surface area contributed by atoms with Gasteiger partial charge in [-0.15, -0.1) is 0 Å². The van der Waals surface area contributed by atoms with Crippen molar-refractivity contribution in [3.63, 3.8) is 0 Å². The number of benzene rings is 2. The molecular weight excluding hydrogens is 473 g/mol. The second-order valence-electron chi connectivity index (χ2n) is 8.69. The standard InChI is InChI=1S/C25H29ClFN5O3/c26-20-12-17(2-3-21(20)27)31-25-24-22(29-16-30-25)13-19(14-23(24)35-18-4-11-33-15-18)34-10-1-7-32-8-5-28-6-9-32/h2-3,12-14,16,18,28H,1,4-11,15H2,(H,29,30,31). The van der Waals surface area contributed by atoms with Gasteiger partial charge in [0.15, 0.2) is 0 Å². The number of ether oxygens (including phenoxy) is 3. The smallest absolute Gasteiger partial charge is 0.145 e. The Morgan fingerprint density at radius 2 is 2.09 bits per heavy atom. The number of fused-ring (bicyclic) bond motifs is 1. The van der Waals surface area contributed by atoms with Crippen molar-refractivity contribution < 1.29 is 18.6 Å². The molecule has 0 spiro atoms. The van der Waals surface area contributed by atoms with Crippen LogP contribution < -0.4 is 20.1 Å². The maximum absolute atomic E-state index is 13.6. The van der Waals surface area contributed by atoms with Gasteiger partial charge < -0.3 is 29.7 Å². The monoisotopic (exact) mass is 501 g/mol. The average molecular weight is 502 g/mol. The molecule has 1 unspecified atom stereocenters. The van der Waals surface area contributed by atoms with Crippen LogP contribution in [0.25, 0.3) is 10.9 Å². The number of rotatable bonds is 9. The molecule has 0 radical (unpaired) electrons. The molecule has 2 aromatic carbocycles. The average Bonchev–Trinajstić information content (AvgIpc) is 3.38. The van der Waals surface area contributed by atoms with Gasteiger partial charge in [0, 0.05) is 57.0 Å². The van der Waals surface area contributed by atoms with E-state index < -0.39 is 5.82 Å². The maximum Gasteiger partial charge on any atom is 0.145 e. The Kier molecular flexibility index (Phi) is 7.78. The Labute approximate surface area is 208 Å². The van der Waals surface area contributed by atoms with Crippen molar-refractivity contribution in [2.24, 2.45) is 0 Å². The molecular formula is C25H29ClFN5O3. The van der Waals surface area contributed by atoms with Crippen LogP contribution in [0.3, 0.4) is 0 Å². The second-order valence-corrected chi connectivity index (χ2v) is 9.10. The molecule has 186 valence electrons. The van der Waals surface area contributed by atoms with Crippen molar-refractivity contribution in [1.29, 1.82) is 0 Å². The van der Waals surface area contributed by atoms with Gasteiger partial charge in [-0.25, -0.2) is 14.4 Å². The summed E-state index contributed by atoms with van der Waals surface area (Å²) in [6, 6.07) is 8.22. The van der Waals surface area contributed by atoms with Gasteiger partial charge in [-0.05, 0) is 24.6 Å². The van der Waals surface area contributed by atoms with E-state index in [0.717, 1.165) is 45.6 Å². The molecule has 10 heteroatoms. The number of piperazine rings is 1. The first-order chi connectivity index (χ1) is 17.2. The molecule has 2 N–H and O–H groups in total. The number of aromatic nitrogens is 2. The van der Waals surface area contributed by atoms with Crippen LogP contribution in [0.15, 0.2) is 36.7 Å². The van der Waals surface area contributed by atoms with Crippen molar-refractivity contribution in [1.82, 2.24) is 20.2 Å². The molecule has 0 bridgehead atoms. The highest BCUT2D eigenvalue weighted by Gasteiger charge is 2.21. The summed E-state index contributed by atoms with van der Waals surface area (Å²) < 4.78 is 31.5. The molecule has 2 fully saturated rings. The summed E-state index contributed by atoms with van der Waals surface area (Å²) in [5.41, 5.74) is 1.30. The van der Waals surface area contributed by atoms with Crippen LogP contribution >= 0.6 is 11.6 Å². The molecule has 1 atom stereocenters. The van der Waals surface area contributed by atoms with E-state index in [9.17, 15) is 4.39 Å². The predicted molar refractivity (Wildman–Crippen MR) is 134 cm³/mol. The van der Waals surface area contributed by atoms with E-state index in [2.05, 4.69) is 25.5 Å². The van der Waals surface area contributed by atoms with Crippen LogP contribution in [0.4, 0.5) is 15.9 Å². The fraction of sp³-hybridized carbons (Fsp3) is 0.440. The number of halogens is 2. The van der Waals surface area contributed by atoms with Gasteiger partial charge in [-0.1, -0.05) is 11.6 Å². The van der Waals surface area contributed by atoms with E-state index in [4.69, 9.17) is 25.8 Å². The van der Waals surface area contributed by atoms with E-state index in [-0.39, 0.29) is 11.1 Å². The van der Waals surface area contributed by atoms with Crippen LogP contribution in [-0.4, -0.2) is 73.5 Å². The van der Waals surface area contributed by atoms with Crippen molar-refractivity contribution in [3.05, 3.63) is 47.5 Å². The molecule has 0 amide bonds. The highest BCUT2D eigenvalue weighted by atomic mass is 35.5. The summed E-state index contributed by atoms with van der Waals surface area (Å²) in [6.45, 7) is 7.03. The van der Waals surface area contributed by atoms with Crippen LogP contribution in [0, 0.1) is 5.82 Å². The lowest BCUT2D eigenvalue weighted by Crippen LogP contribution is -2.43. The molecule has 8 nitrogen and oxygen atoms in total. The number of anilines is 2. The summed E-state index contributed by atoms with van der Waals surface area (Å²) in [5, 5.41) is 7.34. The lowest BCUT2D eigenvalue weighted by Gasteiger charge is -2.27. The summed E-state index contributed by atoms with van der Waals surface area (Å²) >= 11 is 5.96. The Hall–Kier alpha value is -2.72. The van der Waals surface area contributed by atoms with Gasteiger partial charge in [0.2, 0.25) is 0 Å². The van der Waals surface area contributed by atoms with E-state index in [1.807, 2.05) is 12.1 Å². The molecule has 2 aliphatic rings. The summed E-state index contributed by atoms with van der Waals surface area (Å²) in [7, 11) is 0. The van der Waals surface area contributed by atoms with Crippen LogP contribution in [0.5, 0.6) is 11.5 Å². The largest absolute Gasteiger partial charge is 0.493 e. The Morgan fingerprint density at radius 3 is 2.89 bits per heavy atom. The highest BCUT2D eigenvalue weighted by molar-refractivity contribution is 6.31. The Bertz CT molecular complexity index is 1160. The van der Waals surface area contributed by atoms with Gasteiger partial charge >= 0.3 is 0 Å². The zero-order valence-corrected chi connectivity index (χ0v) is 20.2. The third-order valence-electron chi connectivity index (χ3n) is 6.14. The lowest BCUT2D eigenvalue weighted by atomic mass is 10.2. The quantitative estimate of drug-likeness (QED) is 0.426. The third-order valence-corrected chi connectivity index (χ3v) is 6.43. The fourth-order valence-electron chi connectivity index (χ4n) is 4.31.